The van der Waals surface area contributed by atoms with Crippen LogP contribution >= 0.6 is 0 Å². The first-order valence-electron chi connectivity index (χ1n) is 6.33. The van der Waals surface area contributed by atoms with Gasteiger partial charge in [0.05, 0.1) is 6.54 Å². The number of piperidine rings is 1. The van der Waals surface area contributed by atoms with Crippen LogP contribution in [0.3, 0.4) is 0 Å². The Balaban J connectivity index is 1.87. The van der Waals surface area contributed by atoms with Gasteiger partial charge in [-0.1, -0.05) is 13.8 Å². The van der Waals surface area contributed by atoms with Crippen molar-refractivity contribution in [1.82, 2.24) is 10.2 Å². The van der Waals surface area contributed by atoms with Gasteiger partial charge in [-0.05, 0) is 25.3 Å². The summed E-state index contributed by atoms with van der Waals surface area (Å²) in [7, 11) is 0. The zero-order valence-corrected chi connectivity index (χ0v) is 10.2. The number of amides is 1. The van der Waals surface area contributed by atoms with Crippen molar-refractivity contribution >= 4 is 6.09 Å². The fraction of sp³-hybridized carbons (Fsp3) is 0.917. The maximum absolute atomic E-state index is 11.6. The zero-order valence-electron chi connectivity index (χ0n) is 10.2. The van der Waals surface area contributed by atoms with E-state index in [9.17, 15) is 4.79 Å². The molecule has 1 amide bonds. The van der Waals surface area contributed by atoms with Crippen molar-refractivity contribution in [1.29, 1.82) is 0 Å². The molecule has 4 nitrogen and oxygen atoms in total. The van der Waals surface area contributed by atoms with E-state index in [2.05, 4.69) is 19.2 Å². The van der Waals surface area contributed by atoms with Gasteiger partial charge in [-0.25, -0.2) is 4.79 Å². The molecule has 0 radical (unpaired) electrons. The molecule has 2 aliphatic rings. The first kappa shape index (κ1) is 11.7. The lowest BCUT2D eigenvalue weighted by molar-refractivity contribution is 0.0925. The zero-order chi connectivity index (χ0) is 11.5. The summed E-state index contributed by atoms with van der Waals surface area (Å²) < 4.78 is 5.46. The van der Waals surface area contributed by atoms with E-state index < -0.39 is 0 Å². The molecule has 2 saturated heterocycles. The molecule has 2 rings (SSSR count). The number of nitrogens with zero attached hydrogens (tertiary/aromatic N) is 1. The Hall–Kier alpha value is -0.770. The van der Waals surface area contributed by atoms with Crippen LogP contribution in [-0.2, 0) is 4.74 Å². The number of cyclic esters (lactones) is 1. The molecule has 0 spiro atoms. The molecule has 2 unspecified atom stereocenters. The van der Waals surface area contributed by atoms with Crippen LogP contribution in [0.5, 0.6) is 0 Å². The molecule has 2 heterocycles. The predicted octanol–water partition coefficient (Wildman–Crippen LogP) is 1.46. The molecule has 16 heavy (non-hydrogen) atoms. The second kappa shape index (κ2) is 5.04. The summed E-state index contributed by atoms with van der Waals surface area (Å²) in [5.41, 5.74) is 0. The maximum atomic E-state index is 11.6. The summed E-state index contributed by atoms with van der Waals surface area (Å²) in [6.07, 6.45) is 2.37. The average molecular weight is 226 g/mol. The van der Waals surface area contributed by atoms with Gasteiger partial charge < -0.3 is 15.0 Å². The summed E-state index contributed by atoms with van der Waals surface area (Å²) in [6.45, 7) is 7.95. The number of carbonyl (C=O) groups excluding carboxylic acids is 1. The summed E-state index contributed by atoms with van der Waals surface area (Å²) in [6, 6.07) is 0. The monoisotopic (exact) mass is 226 g/mol. The molecule has 0 aromatic heterocycles. The minimum absolute atomic E-state index is 0.110. The van der Waals surface area contributed by atoms with Crippen molar-refractivity contribution in [2.45, 2.75) is 32.8 Å². The lowest BCUT2D eigenvalue weighted by atomic mass is 9.93. The fourth-order valence-electron chi connectivity index (χ4n) is 2.56. The van der Waals surface area contributed by atoms with Crippen molar-refractivity contribution in [3.05, 3.63) is 0 Å². The van der Waals surface area contributed by atoms with E-state index in [0.717, 1.165) is 26.2 Å². The van der Waals surface area contributed by atoms with E-state index >= 15 is 0 Å². The Morgan fingerprint density at radius 2 is 2.38 bits per heavy atom. The molecule has 2 fully saturated rings. The Morgan fingerprint density at radius 3 is 3.00 bits per heavy atom. The van der Waals surface area contributed by atoms with Gasteiger partial charge >= 0.3 is 6.09 Å². The number of ether oxygens (including phenoxy) is 1. The van der Waals surface area contributed by atoms with Crippen LogP contribution in [0.25, 0.3) is 0 Å². The number of hydrogen-bond acceptors (Lipinski definition) is 3. The SMILES string of the molecule is CC(C)CN1CC(C2CCCNC2)OC1=O. The van der Waals surface area contributed by atoms with Crippen molar-refractivity contribution in [3.8, 4) is 0 Å². The van der Waals surface area contributed by atoms with E-state index in [1.807, 2.05) is 4.90 Å². The van der Waals surface area contributed by atoms with E-state index in [1.165, 1.54) is 12.8 Å². The van der Waals surface area contributed by atoms with Crippen molar-refractivity contribution in [3.63, 3.8) is 0 Å². The van der Waals surface area contributed by atoms with Crippen LogP contribution in [0.15, 0.2) is 0 Å². The van der Waals surface area contributed by atoms with Crippen molar-refractivity contribution in [2.24, 2.45) is 11.8 Å². The third-order valence-corrected chi connectivity index (χ3v) is 3.36. The van der Waals surface area contributed by atoms with Gasteiger partial charge in [-0.15, -0.1) is 0 Å². The third kappa shape index (κ3) is 2.67. The Bertz CT molecular complexity index is 249. The van der Waals surface area contributed by atoms with E-state index in [0.29, 0.717) is 11.8 Å². The Morgan fingerprint density at radius 1 is 1.56 bits per heavy atom. The van der Waals surface area contributed by atoms with Crippen LogP contribution in [0.4, 0.5) is 4.79 Å². The quantitative estimate of drug-likeness (QED) is 0.792. The summed E-state index contributed by atoms with van der Waals surface area (Å²) in [5.74, 6) is 1.02. The molecular formula is C12H22N2O2. The van der Waals surface area contributed by atoms with Crippen LogP contribution < -0.4 is 5.32 Å². The number of nitrogens with one attached hydrogen (secondary N) is 1. The number of rotatable bonds is 3. The van der Waals surface area contributed by atoms with E-state index in [1.54, 1.807) is 0 Å². The van der Waals surface area contributed by atoms with Crippen LogP contribution in [0.1, 0.15) is 26.7 Å². The van der Waals surface area contributed by atoms with Crippen molar-refractivity contribution < 1.29 is 9.53 Å². The lowest BCUT2D eigenvalue weighted by Gasteiger charge is -2.26. The first-order chi connectivity index (χ1) is 7.66. The van der Waals surface area contributed by atoms with E-state index in [-0.39, 0.29) is 12.2 Å². The van der Waals surface area contributed by atoms with Gasteiger partial charge in [-0.2, -0.15) is 0 Å². The van der Waals surface area contributed by atoms with Gasteiger partial charge in [-0.3, -0.25) is 0 Å². The molecule has 0 saturated carbocycles. The Kier molecular flexibility index (Phi) is 3.69. The van der Waals surface area contributed by atoms with Gasteiger partial charge in [0.2, 0.25) is 0 Å². The molecule has 0 aliphatic carbocycles. The van der Waals surface area contributed by atoms with E-state index in [4.69, 9.17) is 4.74 Å². The molecule has 92 valence electrons. The highest BCUT2D eigenvalue weighted by atomic mass is 16.6. The topological polar surface area (TPSA) is 41.6 Å². The van der Waals surface area contributed by atoms with Crippen LogP contribution in [-0.4, -0.2) is 43.3 Å². The molecule has 2 aliphatic heterocycles. The molecule has 1 N–H and O–H groups in total. The van der Waals surface area contributed by atoms with Crippen molar-refractivity contribution in [2.75, 3.05) is 26.2 Å². The van der Waals surface area contributed by atoms with Gasteiger partial charge in [0.25, 0.3) is 0 Å². The van der Waals surface area contributed by atoms with Crippen LogP contribution in [0, 0.1) is 11.8 Å². The summed E-state index contributed by atoms with van der Waals surface area (Å²) in [5, 5.41) is 3.37. The second-order valence-corrected chi connectivity index (χ2v) is 5.33. The first-order valence-corrected chi connectivity index (χ1v) is 6.33. The fourth-order valence-corrected chi connectivity index (χ4v) is 2.56. The lowest BCUT2D eigenvalue weighted by Crippen LogP contribution is -2.38. The highest BCUT2D eigenvalue weighted by Gasteiger charge is 2.36. The molecule has 2 atom stereocenters. The molecule has 0 aromatic carbocycles. The minimum Gasteiger partial charge on any atom is -0.444 e. The predicted molar refractivity (Wildman–Crippen MR) is 62.3 cm³/mol. The van der Waals surface area contributed by atoms with Crippen LogP contribution in [0.2, 0.25) is 0 Å². The number of carbonyl (C=O) groups is 1. The maximum Gasteiger partial charge on any atom is 0.410 e. The highest BCUT2D eigenvalue weighted by Crippen LogP contribution is 2.24. The third-order valence-electron chi connectivity index (χ3n) is 3.36. The largest absolute Gasteiger partial charge is 0.444 e. The smallest absolute Gasteiger partial charge is 0.410 e. The normalized spacial score (nSPS) is 30.9. The number of hydrogen-bond donors (Lipinski definition) is 1. The minimum atomic E-state index is -0.121. The standard InChI is InChI=1S/C12H22N2O2/c1-9(2)7-14-8-11(16-12(14)15)10-4-3-5-13-6-10/h9-11,13H,3-8H2,1-2H3. The summed E-state index contributed by atoms with van der Waals surface area (Å²) in [4.78, 5) is 13.5. The highest BCUT2D eigenvalue weighted by molar-refractivity contribution is 5.69. The summed E-state index contributed by atoms with van der Waals surface area (Å²) >= 11 is 0. The molecular weight excluding hydrogens is 204 g/mol. The van der Waals surface area contributed by atoms with Gasteiger partial charge in [0.15, 0.2) is 0 Å². The Labute approximate surface area is 97.3 Å². The molecule has 0 bridgehead atoms. The molecule has 4 heteroatoms. The van der Waals surface area contributed by atoms with Gasteiger partial charge in [0.1, 0.15) is 6.10 Å². The molecule has 0 aromatic rings. The van der Waals surface area contributed by atoms with Gasteiger partial charge in [0, 0.05) is 19.0 Å². The second-order valence-electron chi connectivity index (χ2n) is 5.33. The average Bonchev–Trinajstić information content (AvgIpc) is 2.61.